The van der Waals surface area contributed by atoms with Gasteiger partial charge in [-0.2, -0.15) is 0 Å². The highest BCUT2D eigenvalue weighted by Gasteiger charge is 2.49. The number of nitrogens with one attached hydrogen (secondary N) is 1. The number of ether oxygens (including phenoxy) is 1. The zero-order valence-corrected chi connectivity index (χ0v) is 12.5. The first-order valence-corrected chi connectivity index (χ1v) is 7.46. The molecule has 2 aliphatic heterocycles. The number of hydrogen-bond acceptors (Lipinski definition) is 5. The minimum Gasteiger partial charge on any atom is -0.444 e. The molecule has 2 saturated heterocycles. The molecule has 2 rings (SSSR count). The van der Waals surface area contributed by atoms with Gasteiger partial charge < -0.3 is 20.7 Å². The van der Waals surface area contributed by atoms with E-state index in [9.17, 15) is 14.4 Å². The molecule has 2 heterocycles. The van der Waals surface area contributed by atoms with E-state index in [1.807, 2.05) is 0 Å². The van der Waals surface area contributed by atoms with E-state index in [0.717, 1.165) is 0 Å². The van der Waals surface area contributed by atoms with Gasteiger partial charge >= 0.3 is 6.09 Å². The number of alkyl carbamates (subject to hydrolysis) is 1. The van der Waals surface area contributed by atoms with E-state index in [4.69, 9.17) is 10.5 Å². The van der Waals surface area contributed by atoms with Crippen molar-refractivity contribution >= 4 is 29.7 Å². The number of amides is 3. The van der Waals surface area contributed by atoms with Crippen molar-refractivity contribution in [2.24, 2.45) is 5.73 Å². The van der Waals surface area contributed by atoms with Gasteiger partial charge in [0.2, 0.25) is 11.8 Å². The predicted molar refractivity (Wildman–Crippen MR) is 73.8 cm³/mol. The number of nitrogens with two attached hydrogens (primary N) is 1. The second-order valence-electron chi connectivity index (χ2n) is 5.89. The number of rotatable bonds is 2. The summed E-state index contributed by atoms with van der Waals surface area (Å²) in [5, 5.41) is 2.46. The van der Waals surface area contributed by atoms with Crippen molar-refractivity contribution < 1.29 is 19.1 Å². The van der Waals surface area contributed by atoms with Crippen molar-refractivity contribution in [3.05, 3.63) is 0 Å². The maximum atomic E-state index is 12.2. The molecule has 0 bridgehead atoms. The highest BCUT2D eigenvalue weighted by molar-refractivity contribution is 8.00. The Kier molecular flexibility index (Phi) is 3.86. The van der Waals surface area contributed by atoms with Crippen LogP contribution in [0.5, 0.6) is 0 Å². The zero-order chi connectivity index (χ0) is 15.1. The largest absolute Gasteiger partial charge is 0.444 e. The molecule has 0 aromatic rings. The maximum Gasteiger partial charge on any atom is 0.408 e. The summed E-state index contributed by atoms with van der Waals surface area (Å²) in [4.78, 5) is 36.7. The molecule has 1 unspecified atom stereocenters. The first-order valence-electron chi connectivity index (χ1n) is 6.41. The van der Waals surface area contributed by atoms with Crippen LogP contribution in [-0.2, 0) is 14.3 Å². The van der Waals surface area contributed by atoms with Crippen LogP contribution >= 0.6 is 11.8 Å². The number of hydrogen-bond donors (Lipinski definition) is 2. The number of carbonyl (C=O) groups is 3. The fraction of sp³-hybridized carbons (Fsp3) is 0.750. The summed E-state index contributed by atoms with van der Waals surface area (Å²) in [7, 11) is 0. The van der Waals surface area contributed by atoms with Crippen LogP contribution in [0.4, 0.5) is 4.79 Å². The maximum absolute atomic E-state index is 12.2. The molecular weight excluding hydrogens is 282 g/mol. The van der Waals surface area contributed by atoms with Crippen LogP contribution in [0, 0.1) is 0 Å². The van der Waals surface area contributed by atoms with Gasteiger partial charge in [-0.05, 0) is 20.8 Å². The van der Waals surface area contributed by atoms with Gasteiger partial charge in [0.1, 0.15) is 17.7 Å². The van der Waals surface area contributed by atoms with Crippen LogP contribution in [0.15, 0.2) is 0 Å². The van der Waals surface area contributed by atoms with Gasteiger partial charge in [0, 0.05) is 12.2 Å². The highest BCUT2D eigenvalue weighted by Crippen LogP contribution is 2.37. The lowest BCUT2D eigenvalue weighted by Gasteiger charge is -2.22. The molecule has 0 aromatic carbocycles. The molecule has 0 aromatic heterocycles. The summed E-state index contributed by atoms with van der Waals surface area (Å²) >= 11 is 1.51. The van der Waals surface area contributed by atoms with Crippen molar-refractivity contribution in [2.45, 2.75) is 50.3 Å². The van der Waals surface area contributed by atoms with Crippen LogP contribution in [-0.4, -0.2) is 51.6 Å². The first kappa shape index (κ1) is 15.0. The van der Waals surface area contributed by atoms with Gasteiger partial charge in [0.25, 0.3) is 0 Å². The average molecular weight is 301 g/mol. The van der Waals surface area contributed by atoms with Gasteiger partial charge in [-0.25, -0.2) is 4.79 Å². The summed E-state index contributed by atoms with van der Waals surface area (Å²) in [5.74, 6) is -0.258. The van der Waals surface area contributed by atoms with Gasteiger partial charge in [0.15, 0.2) is 0 Å². The third-order valence-corrected chi connectivity index (χ3v) is 4.41. The second kappa shape index (κ2) is 5.16. The molecule has 3 N–H and O–H groups in total. The smallest absolute Gasteiger partial charge is 0.408 e. The second-order valence-corrected chi connectivity index (χ2v) is 7.10. The summed E-state index contributed by atoms with van der Waals surface area (Å²) in [6.45, 7) is 5.25. The number of fused-ring (bicyclic) bond motifs is 1. The number of primary amides is 1. The Balaban J connectivity index is 1.98. The van der Waals surface area contributed by atoms with E-state index in [1.165, 1.54) is 16.7 Å². The van der Waals surface area contributed by atoms with E-state index >= 15 is 0 Å². The average Bonchev–Trinajstić information content (AvgIpc) is 2.78. The number of nitrogens with zero attached hydrogens (tertiary/aromatic N) is 1. The van der Waals surface area contributed by atoms with E-state index in [-0.39, 0.29) is 11.3 Å². The highest BCUT2D eigenvalue weighted by atomic mass is 32.2. The monoisotopic (exact) mass is 301 g/mol. The Morgan fingerprint density at radius 3 is 2.65 bits per heavy atom. The van der Waals surface area contributed by atoms with Gasteiger partial charge in [0.05, 0.1) is 5.37 Å². The number of thioether (sulfide) groups is 1. The van der Waals surface area contributed by atoms with Crippen LogP contribution in [0.25, 0.3) is 0 Å². The fourth-order valence-corrected chi connectivity index (χ4v) is 3.78. The van der Waals surface area contributed by atoms with Gasteiger partial charge in [-0.3, -0.25) is 9.59 Å². The Bertz CT molecular complexity index is 448. The molecule has 0 radical (unpaired) electrons. The summed E-state index contributed by atoms with van der Waals surface area (Å²) in [6, 6.07) is -1.23. The molecule has 2 fully saturated rings. The molecule has 3 atom stereocenters. The van der Waals surface area contributed by atoms with Crippen LogP contribution in [0.3, 0.4) is 0 Å². The van der Waals surface area contributed by atoms with Crippen molar-refractivity contribution in [3.63, 3.8) is 0 Å². The normalized spacial score (nSPS) is 29.2. The van der Waals surface area contributed by atoms with E-state index < -0.39 is 29.7 Å². The lowest BCUT2D eigenvalue weighted by molar-refractivity contribution is -0.136. The molecule has 0 saturated carbocycles. The lowest BCUT2D eigenvalue weighted by atomic mass is 10.2. The van der Waals surface area contributed by atoms with Gasteiger partial charge in [-0.15, -0.1) is 11.8 Å². The fourth-order valence-electron chi connectivity index (χ4n) is 2.31. The minimum absolute atomic E-state index is 0.0973. The van der Waals surface area contributed by atoms with Crippen LogP contribution in [0.2, 0.25) is 0 Å². The van der Waals surface area contributed by atoms with Crippen molar-refractivity contribution in [1.82, 2.24) is 10.2 Å². The first-order chi connectivity index (χ1) is 9.19. The Hall–Kier alpha value is -1.44. The predicted octanol–water partition coefficient (Wildman–Crippen LogP) is 0.0388. The SMILES string of the molecule is CC(C)(C)OC(=O)N[C@@H]1CC2SC[C@@H](C(N)=O)N2C1=O. The molecule has 8 heteroatoms. The van der Waals surface area contributed by atoms with Crippen molar-refractivity contribution in [3.8, 4) is 0 Å². The molecular formula is C12H19N3O4S. The van der Waals surface area contributed by atoms with Crippen LogP contribution < -0.4 is 11.1 Å². The zero-order valence-electron chi connectivity index (χ0n) is 11.7. The Morgan fingerprint density at radius 1 is 1.45 bits per heavy atom. The minimum atomic E-state index is -0.649. The summed E-state index contributed by atoms with van der Waals surface area (Å²) in [6.07, 6.45) is -0.162. The molecule has 0 spiro atoms. The summed E-state index contributed by atoms with van der Waals surface area (Å²) in [5.41, 5.74) is 4.67. The molecule has 112 valence electrons. The summed E-state index contributed by atoms with van der Waals surface area (Å²) < 4.78 is 5.13. The Labute approximate surface area is 121 Å². The Morgan fingerprint density at radius 2 is 2.10 bits per heavy atom. The molecule has 20 heavy (non-hydrogen) atoms. The molecule has 3 amide bonds. The quantitative estimate of drug-likeness (QED) is 0.750. The van der Waals surface area contributed by atoms with E-state index in [0.29, 0.717) is 12.2 Å². The standard InChI is InChI=1S/C12H19N3O4S/c1-12(2,3)19-11(18)14-6-4-8-15(10(6)17)7(5-20-8)9(13)16/h6-8H,4-5H2,1-3H3,(H2,13,16)(H,14,18)/t6-,7+,8?/m1/s1. The molecule has 2 aliphatic rings. The number of carbonyl (C=O) groups excluding carboxylic acids is 3. The van der Waals surface area contributed by atoms with Crippen molar-refractivity contribution in [2.75, 3.05) is 5.75 Å². The molecule has 7 nitrogen and oxygen atoms in total. The van der Waals surface area contributed by atoms with E-state index in [1.54, 1.807) is 20.8 Å². The lowest BCUT2D eigenvalue weighted by Crippen LogP contribution is -2.49. The third-order valence-electron chi connectivity index (χ3n) is 3.10. The van der Waals surface area contributed by atoms with Gasteiger partial charge in [-0.1, -0.05) is 0 Å². The molecule has 0 aliphatic carbocycles. The van der Waals surface area contributed by atoms with Crippen molar-refractivity contribution in [1.29, 1.82) is 0 Å². The van der Waals surface area contributed by atoms with E-state index in [2.05, 4.69) is 5.32 Å². The topological polar surface area (TPSA) is 102 Å². The van der Waals surface area contributed by atoms with Crippen LogP contribution in [0.1, 0.15) is 27.2 Å². The third kappa shape index (κ3) is 3.00.